The van der Waals surface area contributed by atoms with Gasteiger partial charge in [-0.1, -0.05) is 6.07 Å². The number of amidine groups is 2. The Morgan fingerprint density at radius 2 is 1.00 bits per heavy atom. The predicted octanol–water partition coefficient (Wildman–Crippen LogP) is 3.00. The van der Waals surface area contributed by atoms with E-state index >= 15 is 0 Å². The van der Waals surface area contributed by atoms with Crippen LogP contribution in [0.4, 0.5) is 11.4 Å². The summed E-state index contributed by atoms with van der Waals surface area (Å²) in [6, 6.07) is 17.5. The molecule has 11 heteroatoms. The van der Waals surface area contributed by atoms with Crippen LogP contribution in [0.25, 0.3) is 0 Å². The van der Waals surface area contributed by atoms with Gasteiger partial charge >= 0.3 is 0 Å². The number of anilines is 2. The van der Waals surface area contributed by atoms with Crippen molar-refractivity contribution in [1.82, 2.24) is 4.98 Å². The summed E-state index contributed by atoms with van der Waals surface area (Å²) in [6.45, 7) is 0. The van der Waals surface area contributed by atoms with E-state index < -0.39 is 11.8 Å². The maximum absolute atomic E-state index is 12.5. The third-order valence-electron chi connectivity index (χ3n) is 4.12. The molecule has 0 bridgehead atoms. The van der Waals surface area contributed by atoms with Gasteiger partial charge in [-0.25, -0.2) is 4.98 Å². The fraction of sp³-hybridized carbons (Fsp3) is 0. The van der Waals surface area contributed by atoms with Crippen LogP contribution >= 0.6 is 24.8 Å². The number of nitrogen functional groups attached to an aromatic ring is 2. The molecule has 0 saturated carbocycles. The number of rotatable bonds is 6. The molecule has 0 spiro atoms. The summed E-state index contributed by atoms with van der Waals surface area (Å²) in [5, 5.41) is 20.1. The lowest BCUT2D eigenvalue weighted by molar-refractivity contribution is 0.101. The lowest BCUT2D eigenvalue weighted by atomic mass is 10.2. The van der Waals surface area contributed by atoms with Gasteiger partial charge < -0.3 is 22.1 Å². The molecule has 2 aromatic carbocycles. The normalized spacial score (nSPS) is 9.50. The SMILES string of the molecule is Cl.Cl.N=C(N)c1ccc(NC(=O)c2cccc(C(=O)Nc3ccc(C(=N)N)cc3)n2)cc1. The number of nitrogens with one attached hydrogen (secondary N) is 4. The van der Waals surface area contributed by atoms with Gasteiger partial charge in [0.15, 0.2) is 0 Å². The van der Waals surface area contributed by atoms with Crippen LogP contribution in [0.3, 0.4) is 0 Å². The number of aromatic nitrogens is 1. The summed E-state index contributed by atoms with van der Waals surface area (Å²) in [4.78, 5) is 29.1. The molecule has 1 heterocycles. The summed E-state index contributed by atoms with van der Waals surface area (Å²) in [5.74, 6) is -1.09. The van der Waals surface area contributed by atoms with Crippen molar-refractivity contribution in [3.05, 3.63) is 89.2 Å². The van der Waals surface area contributed by atoms with Gasteiger partial charge in [0, 0.05) is 22.5 Å². The van der Waals surface area contributed by atoms with Crippen LogP contribution in [0.2, 0.25) is 0 Å². The molecule has 0 saturated heterocycles. The zero-order chi connectivity index (χ0) is 21.7. The van der Waals surface area contributed by atoms with Gasteiger partial charge in [-0.15, -0.1) is 24.8 Å². The Morgan fingerprint density at radius 1 is 0.656 bits per heavy atom. The lowest BCUT2D eigenvalue weighted by Gasteiger charge is -2.08. The summed E-state index contributed by atoms with van der Waals surface area (Å²) in [6.07, 6.45) is 0. The molecule has 0 fully saturated rings. The summed E-state index contributed by atoms with van der Waals surface area (Å²) >= 11 is 0. The molecule has 0 aliphatic heterocycles. The zero-order valence-corrected chi connectivity index (χ0v) is 18.2. The van der Waals surface area contributed by atoms with Crippen molar-refractivity contribution < 1.29 is 9.59 Å². The first-order valence-corrected chi connectivity index (χ1v) is 8.82. The quantitative estimate of drug-likeness (QED) is 0.238. The van der Waals surface area contributed by atoms with Crippen molar-refractivity contribution >= 4 is 59.7 Å². The average molecular weight is 474 g/mol. The lowest BCUT2D eigenvalue weighted by Crippen LogP contribution is -2.18. The number of nitrogens with zero attached hydrogens (tertiary/aromatic N) is 1. The van der Waals surface area contributed by atoms with Crippen LogP contribution in [-0.2, 0) is 0 Å². The van der Waals surface area contributed by atoms with Crippen molar-refractivity contribution in [1.29, 1.82) is 10.8 Å². The second-order valence-corrected chi connectivity index (χ2v) is 6.30. The number of nitrogens with two attached hydrogens (primary N) is 2. The molecule has 9 nitrogen and oxygen atoms in total. The van der Waals surface area contributed by atoms with E-state index in [2.05, 4.69) is 15.6 Å². The smallest absolute Gasteiger partial charge is 0.274 e. The first-order chi connectivity index (χ1) is 14.3. The molecular formula is C21H21Cl2N7O2. The Bertz CT molecular complexity index is 1050. The van der Waals surface area contributed by atoms with Crippen LogP contribution in [-0.4, -0.2) is 28.5 Å². The maximum Gasteiger partial charge on any atom is 0.274 e. The first kappa shape index (κ1) is 26.1. The number of benzene rings is 2. The molecule has 0 aliphatic rings. The first-order valence-electron chi connectivity index (χ1n) is 8.82. The Morgan fingerprint density at radius 3 is 1.31 bits per heavy atom. The highest BCUT2D eigenvalue weighted by atomic mass is 35.5. The maximum atomic E-state index is 12.5. The van der Waals surface area contributed by atoms with E-state index in [1.165, 1.54) is 12.1 Å². The molecule has 2 amide bonds. The van der Waals surface area contributed by atoms with Crippen molar-refractivity contribution in [2.24, 2.45) is 11.5 Å². The number of amides is 2. The van der Waals surface area contributed by atoms with Crippen molar-refractivity contribution in [3.8, 4) is 0 Å². The molecule has 0 radical (unpaired) electrons. The van der Waals surface area contributed by atoms with Gasteiger partial charge in [0.2, 0.25) is 0 Å². The molecule has 3 rings (SSSR count). The minimum Gasteiger partial charge on any atom is -0.384 e. The minimum atomic E-state index is -0.481. The van der Waals surface area contributed by atoms with Gasteiger partial charge in [0.05, 0.1) is 0 Å². The van der Waals surface area contributed by atoms with Crippen LogP contribution < -0.4 is 22.1 Å². The minimum absolute atomic E-state index is 0. The second-order valence-electron chi connectivity index (χ2n) is 6.30. The highest BCUT2D eigenvalue weighted by Crippen LogP contribution is 2.13. The van der Waals surface area contributed by atoms with E-state index in [0.717, 1.165) is 0 Å². The number of hydrogen-bond donors (Lipinski definition) is 6. The van der Waals surface area contributed by atoms with Crippen LogP contribution in [0.1, 0.15) is 32.1 Å². The topological polar surface area (TPSA) is 171 Å². The van der Waals surface area contributed by atoms with Gasteiger partial charge in [-0.3, -0.25) is 20.4 Å². The Hall–Kier alpha value is -3.95. The summed E-state index contributed by atoms with van der Waals surface area (Å²) in [5.41, 5.74) is 13.1. The molecule has 1 aromatic heterocycles. The highest BCUT2D eigenvalue weighted by Gasteiger charge is 2.13. The van der Waals surface area contributed by atoms with Crippen molar-refractivity contribution in [2.45, 2.75) is 0 Å². The Labute approximate surface area is 196 Å². The van der Waals surface area contributed by atoms with Gasteiger partial charge in [0.25, 0.3) is 11.8 Å². The van der Waals surface area contributed by atoms with Crippen molar-refractivity contribution in [3.63, 3.8) is 0 Å². The summed E-state index contributed by atoms with van der Waals surface area (Å²) < 4.78 is 0. The molecule has 8 N–H and O–H groups in total. The number of carbonyl (C=O) groups excluding carboxylic acids is 2. The van der Waals surface area contributed by atoms with Crippen LogP contribution in [0.15, 0.2) is 66.7 Å². The second kappa shape index (κ2) is 11.4. The van der Waals surface area contributed by atoms with E-state index in [4.69, 9.17) is 22.3 Å². The van der Waals surface area contributed by atoms with E-state index in [1.807, 2.05) is 0 Å². The standard InChI is InChI=1S/C21H19N7O2.2ClH/c22-18(23)12-4-8-14(9-5-12)26-20(29)16-2-1-3-17(28-16)21(30)27-15-10-6-13(7-11-15)19(24)25;;/h1-11H,(H3,22,23)(H3,24,25)(H,26,29)(H,27,30);2*1H. The highest BCUT2D eigenvalue weighted by molar-refractivity contribution is 6.06. The fourth-order valence-corrected chi connectivity index (χ4v) is 2.54. The number of pyridine rings is 1. The van der Waals surface area contributed by atoms with E-state index in [-0.39, 0.29) is 47.9 Å². The van der Waals surface area contributed by atoms with Gasteiger partial charge in [0.1, 0.15) is 23.1 Å². The third kappa shape index (κ3) is 6.53. The van der Waals surface area contributed by atoms with Crippen LogP contribution in [0.5, 0.6) is 0 Å². The Kier molecular flexibility index (Phi) is 9.33. The Balaban J connectivity index is 0.00000256. The van der Waals surface area contributed by atoms with Gasteiger partial charge in [-0.05, 0) is 60.7 Å². The molecule has 166 valence electrons. The molecule has 0 aliphatic carbocycles. The number of halogens is 2. The number of hydrogen-bond acceptors (Lipinski definition) is 5. The molecule has 0 atom stereocenters. The van der Waals surface area contributed by atoms with E-state index in [9.17, 15) is 9.59 Å². The molecule has 0 unspecified atom stereocenters. The molecule has 3 aromatic rings. The molecule has 32 heavy (non-hydrogen) atoms. The number of carbonyl (C=O) groups is 2. The van der Waals surface area contributed by atoms with Crippen LogP contribution in [0, 0.1) is 10.8 Å². The molecular weight excluding hydrogens is 453 g/mol. The summed E-state index contributed by atoms with van der Waals surface area (Å²) in [7, 11) is 0. The largest absolute Gasteiger partial charge is 0.384 e. The zero-order valence-electron chi connectivity index (χ0n) is 16.6. The van der Waals surface area contributed by atoms with E-state index in [1.54, 1.807) is 54.6 Å². The monoisotopic (exact) mass is 473 g/mol. The predicted molar refractivity (Wildman–Crippen MR) is 130 cm³/mol. The third-order valence-corrected chi connectivity index (χ3v) is 4.12. The van der Waals surface area contributed by atoms with Crippen molar-refractivity contribution in [2.75, 3.05) is 10.6 Å². The van der Waals surface area contributed by atoms with Gasteiger partial charge in [-0.2, -0.15) is 0 Å². The van der Waals surface area contributed by atoms with E-state index in [0.29, 0.717) is 22.5 Å². The average Bonchev–Trinajstić information content (AvgIpc) is 2.74. The fourth-order valence-electron chi connectivity index (χ4n) is 2.54.